The van der Waals surface area contributed by atoms with E-state index in [1.165, 1.54) is 0 Å². The van der Waals surface area contributed by atoms with E-state index >= 15 is 0 Å². The van der Waals surface area contributed by atoms with E-state index in [4.69, 9.17) is 4.74 Å². The summed E-state index contributed by atoms with van der Waals surface area (Å²) in [4.78, 5) is 2.35. The number of anilines is 1. The standard InChI is InChI=1S/C18H20BrN3O/c1-23-18-9-5-4-8-17(18)21-10-12-22(13-11-21)20-14-15-6-2-3-7-16(15)19/h2-9,14H,10-13H2,1H3/b20-14+. The Kier molecular flexibility index (Phi) is 5.18. The van der Waals surface area contributed by atoms with Crippen LogP contribution in [0.25, 0.3) is 0 Å². The molecule has 1 saturated heterocycles. The van der Waals surface area contributed by atoms with E-state index in [1.807, 2.05) is 36.5 Å². The highest BCUT2D eigenvalue weighted by atomic mass is 79.9. The third-order valence-electron chi connectivity index (χ3n) is 3.95. The SMILES string of the molecule is COc1ccccc1N1CCN(/N=C/c2ccccc2Br)CC1. The smallest absolute Gasteiger partial charge is 0.142 e. The summed E-state index contributed by atoms with van der Waals surface area (Å²) in [5, 5.41) is 6.72. The topological polar surface area (TPSA) is 28.1 Å². The van der Waals surface area contributed by atoms with E-state index in [1.54, 1.807) is 7.11 Å². The lowest BCUT2D eigenvalue weighted by atomic mass is 10.2. The minimum Gasteiger partial charge on any atom is -0.495 e. The minimum atomic E-state index is 0.902. The van der Waals surface area contributed by atoms with Gasteiger partial charge in [-0.25, -0.2) is 0 Å². The molecule has 0 saturated carbocycles. The van der Waals surface area contributed by atoms with Gasteiger partial charge in [0.05, 0.1) is 32.1 Å². The molecule has 2 aromatic carbocycles. The second-order valence-corrected chi connectivity index (χ2v) is 6.23. The fraction of sp³-hybridized carbons (Fsp3) is 0.278. The summed E-state index contributed by atoms with van der Waals surface area (Å²) < 4.78 is 6.52. The molecule has 0 aliphatic carbocycles. The number of nitrogens with zero attached hydrogens (tertiary/aromatic N) is 3. The lowest BCUT2D eigenvalue weighted by molar-refractivity contribution is 0.271. The number of piperazine rings is 1. The first kappa shape index (κ1) is 15.9. The van der Waals surface area contributed by atoms with E-state index in [2.05, 4.69) is 49.1 Å². The van der Waals surface area contributed by atoms with Gasteiger partial charge in [0.25, 0.3) is 0 Å². The normalized spacial score (nSPS) is 15.2. The zero-order valence-corrected chi connectivity index (χ0v) is 14.7. The van der Waals surface area contributed by atoms with Crippen LogP contribution in [0, 0.1) is 0 Å². The van der Waals surface area contributed by atoms with Crippen molar-refractivity contribution in [1.29, 1.82) is 0 Å². The van der Waals surface area contributed by atoms with Crippen LogP contribution in [-0.2, 0) is 0 Å². The first-order chi connectivity index (χ1) is 11.3. The highest BCUT2D eigenvalue weighted by Crippen LogP contribution is 2.28. The summed E-state index contributed by atoms with van der Waals surface area (Å²) in [6.07, 6.45) is 1.92. The van der Waals surface area contributed by atoms with Crippen LogP contribution in [0.2, 0.25) is 0 Å². The molecule has 0 radical (unpaired) electrons. The van der Waals surface area contributed by atoms with Gasteiger partial charge in [0.15, 0.2) is 0 Å². The van der Waals surface area contributed by atoms with Gasteiger partial charge in [0.2, 0.25) is 0 Å². The van der Waals surface area contributed by atoms with Crippen LogP contribution in [0.3, 0.4) is 0 Å². The number of hydrogen-bond acceptors (Lipinski definition) is 4. The van der Waals surface area contributed by atoms with Crippen molar-refractivity contribution in [3.05, 3.63) is 58.6 Å². The Balaban J connectivity index is 1.61. The summed E-state index contributed by atoms with van der Waals surface area (Å²) in [7, 11) is 1.72. The number of rotatable bonds is 4. The molecule has 0 bridgehead atoms. The Hall–Kier alpha value is -2.01. The summed E-state index contributed by atoms with van der Waals surface area (Å²) in [5.74, 6) is 0.928. The first-order valence-corrected chi connectivity index (χ1v) is 8.48. The fourth-order valence-corrected chi connectivity index (χ4v) is 3.05. The van der Waals surface area contributed by atoms with Crippen molar-refractivity contribution in [2.45, 2.75) is 0 Å². The maximum atomic E-state index is 5.45. The van der Waals surface area contributed by atoms with Crippen LogP contribution >= 0.6 is 15.9 Å². The van der Waals surface area contributed by atoms with Gasteiger partial charge >= 0.3 is 0 Å². The van der Waals surface area contributed by atoms with Crippen LogP contribution < -0.4 is 9.64 Å². The average Bonchev–Trinajstić information content (AvgIpc) is 2.61. The van der Waals surface area contributed by atoms with Crippen molar-refractivity contribution in [2.24, 2.45) is 5.10 Å². The minimum absolute atomic E-state index is 0.902. The van der Waals surface area contributed by atoms with Gasteiger partial charge in [-0.2, -0.15) is 5.10 Å². The van der Waals surface area contributed by atoms with Crippen LogP contribution in [0.5, 0.6) is 5.75 Å². The molecule has 1 heterocycles. The number of ether oxygens (including phenoxy) is 1. The van der Waals surface area contributed by atoms with Crippen molar-refractivity contribution in [3.8, 4) is 5.75 Å². The van der Waals surface area contributed by atoms with Gasteiger partial charge in [-0.05, 0) is 18.2 Å². The molecule has 23 heavy (non-hydrogen) atoms. The zero-order valence-electron chi connectivity index (χ0n) is 13.2. The van der Waals surface area contributed by atoms with Gasteiger partial charge in [0, 0.05) is 23.1 Å². The summed E-state index contributed by atoms with van der Waals surface area (Å²) in [6.45, 7) is 3.68. The number of hydrazone groups is 1. The molecule has 0 N–H and O–H groups in total. The predicted octanol–water partition coefficient (Wildman–Crippen LogP) is 3.61. The predicted molar refractivity (Wildman–Crippen MR) is 98.5 cm³/mol. The number of halogens is 1. The van der Waals surface area contributed by atoms with Gasteiger partial charge in [-0.15, -0.1) is 0 Å². The Bertz CT molecular complexity index is 681. The molecule has 0 unspecified atom stereocenters. The number of para-hydroxylation sites is 2. The van der Waals surface area contributed by atoms with Crippen molar-refractivity contribution in [2.75, 3.05) is 38.2 Å². The Morgan fingerprint density at radius 3 is 2.43 bits per heavy atom. The Labute approximate surface area is 145 Å². The molecule has 4 nitrogen and oxygen atoms in total. The largest absolute Gasteiger partial charge is 0.495 e. The van der Waals surface area contributed by atoms with Crippen molar-refractivity contribution >= 4 is 27.8 Å². The quantitative estimate of drug-likeness (QED) is 0.766. The number of methoxy groups -OCH3 is 1. The molecular weight excluding hydrogens is 354 g/mol. The molecule has 0 atom stereocenters. The highest BCUT2D eigenvalue weighted by Gasteiger charge is 2.18. The van der Waals surface area contributed by atoms with Crippen LogP contribution in [0.1, 0.15) is 5.56 Å². The lowest BCUT2D eigenvalue weighted by Crippen LogP contribution is -2.44. The van der Waals surface area contributed by atoms with Crippen molar-refractivity contribution in [3.63, 3.8) is 0 Å². The lowest BCUT2D eigenvalue weighted by Gasteiger charge is -2.35. The second-order valence-electron chi connectivity index (χ2n) is 5.38. The van der Waals surface area contributed by atoms with E-state index in [9.17, 15) is 0 Å². The van der Waals surface area contributed by atoms with Gasteiger partial charge in [0.1, 0.15) is 5.75 Å². The average molecular weight is 374 g/mol. The van der Waals surface area contributed by atoms with Gasteiger partial charge in [-0.1, -0.05) is 46.3 Å². The summed E-state index contributed by atoms with van der Waals surface area (Å²) >= 11 is 3.55. The molecule has 3 rings (SSSR count). The zero-order chi connectivity index (χ0) is 16.1. The van der Waals surface area contributed by atoms with Crippen LogP contribution in [-0.4, -0.2) is 44.5 Å². The molecular formula is C18H20BrN3O. The molecule has 2 aromatic rings. The molecule has 1 aliphatic heterocycles. The van der Waals surface area contributed by atoms with Crippen molar-refractivity contribution in [1.82, 2.24) is 5.01 Å². The Morgan fingerprint density at radius 1 is 1.00 bits per heavy atom. The first-order valence-electron chi connectivity index (χ1n) is 7.69. The molecule has 0 aromatic heterocycles. The van der Waals surface area contributed by atoms with Gasteiger partial charge < -0.3 is 9.64 Å². The summed E-state index contributed by atoms with van der Waals surface area (Å²) in [6, 6.07) is 16.3. The van der Waals surface area contributed by atoms with Crippen LogP contribution in [0.15, 0.2) is 58.1 Å². The molecule has 1 aliphatic rings. The Morgan fingerprint density at radius 2 is 1.70 bits per heavy atom. The monoisotopic (exact) mass is 373 g/mol. The van der Waals surface area contributed by atoms with E-state index in [0.717, 1.165) is 47.7 Å². The maximum absolute atomic E-state index is 5.45. The van der Waals surface area contributed by atoms with Crippen LogP contribution in [0.4, 0.5) is 5.69 Å². The van der Waals surface area contributed by atoms with Crippen molar-refractivity contribution < 1.29 is 4.74 Å². The molecule has 0 spiro atoms. The highest BCUT2D eigenvalue weighted by molar-refractivity contribution is 9.10. The number of benzene rings is 2. The molecule has 1 fully saturated rings. The molecule has 120 valence electrons. The maximum Gasteiger partial charge on any atom is 0.142 e. The number of hydrogen-bond donors (Lipinski definition) is 0. The third-order valence-corrected chi connectivity index (χ3v) is 4.67. The molecule has 0 amide bonds. The van der Waals surface area contributed by atoms with E-state index in [-0.39, 0.29) is 0 Å². The summed E-state index contributed by atoms with van der Waals surface area (Å²) in [5.41, 5.74) is 2.25. The second kappa shape index (κ2) is 7.51. The van der Waals surface area contributed by atoms with E-state index < -0.39 is 0 Å². The van der Waals surface area contributed by atoms with Gasteiger partial charge in [-0.3, -0.25) is 5.01 Å². The fourth-order valence-electron chi connectivity index (χ4n) is 2.67. The van der Waals surface area contributed by atoms with E-state index in [0.29, 0.717) is 0 Å². The third kappa shape index (κ3) is 3.85. The molecule has 5 heteroatoms.